The van der Waals surface area contributed by atoms with Crippen molar-refractivity contribution in [2.45, 2.75) is 25.3 Å². The number of ether oxygens (including phenoxy) is 1. The first-order valence-electron chi connectivity index (χ1n) is 12.9. The summed E-state index contributed by atoms with van der Waals surface area (Å²) in [5.41, 5.74) is 5.52. The third-order valence-corrected chi connectivity index (χ3v) is 7.48. The number of aromatic nitrogens is 2. The second-order valence-corrected chi connectivity index (χ2v) is 10.4. The van der Waals surface area contributed by atoms with Crippen LogP contribution in [0.2, 0.25) is 5.02 Å². The molecule has 1 amide bonds. The average molecular weight is 546 g/mol. The maximum atomic E-state index is 12.7. The topological polar surface area (TPSA) is 115 Å². The number of benzene rings is 2. The largest absolute Gasteiger partial charge is 0.495 e. The van der Waals surface area contributed by atoms with Gasteiger partial charge in [-0.15, -0.1) is 0 Å². The predicted octanol–water partition coefficient (Wildman–Crippen LogP) is 4.54. The van der Waals surface area contributed by atoms with Crippen LogP contribution in [0.5, 0.6) is 5.75 Å². The van der Waals surface area contributed by atoms with Crippen LogP contribution in [0.15, 0.2) is 48.7 Å². The van der Waals surface area contributed by atoms with Crippen LogP contribution >= 0.6 is 11.6 Å². The van der Waals surface area contributed by atoms with E-state index >= 15 is 0 Å². The first-order chi connectivity index (χ1) is 18.8. The highest BCUT2D eigenvalue weighted by molar-refractivity contribution is 6.35. The van der Waals surface area contributed by atoms with E-state index in [1.54, 1.807) is 25.3 Å². The van der Waals surface area contributed by atoms with Crippen LogP contribution in [0.3, 0.4) is 0 Å². The summed E-state index contributed by atoms with van der Waals surface area (Å²) in [4.78, 5) is 24.3. The van der Waals surface area contributed by atoms with Gasteiger partial charge in [0, 0.05) is 59.3 Å². The van der Waals surface area contributed by atoms with Gasteiger partial charge in [-0.2, -0.15) is 0 Å². The molecule has 2 heterocycles. The summed E-state index contributed by atoms with van der Waals surface area (Å²) in [6.07, 6.45) is 2.38. The van der Waals surface area contributed by atoms with Crippen molar-refractivity contribution in [2.24, 2.45) is 0 Å². The number of nitrogens with one attached hydrogen (secondary N) is 4. The molecular formula is C29H32ClN7O2. The molecule has 202 valence electrons. The lowest BCUT2D eigenvalue weighted by atomic mass is 9.81. The maximum absolute atomic E-state index is 12.7. The average Bonchev–Trinajstić information content (AvgIpc) is 2.90. The van der Waals surface area contributed by atoms with Gasteiger partial charge >= 0.3 is 0 Å². The Bertz CT molecular complexity index is 1470. The molecule has 0 bridgehead atoms. The third-order valence-electron chi connectivity index (χ3n) is 7.15. The number of fused-ring (bicyclic) bond motifs is 1. The number of hydrogen-bond acceptors (Lipinski definition) is 8. The minimum Gasteiger partial charge on any atom is -0.495 e. The number of likely N-dealkylation sites (N-methyl/N-ethyl adjacent to an activating group) is 1. The standard InChI is InChI=1S/C29H32ClN7O2/c1-16-11-22(31)25(26(32-2)19-7-5-6-8-21(19)30)27-20(16)13-33-29(36-27)35-23-10-9-17(12-24(23)39-4)28(38)34-18-14-37(3)15-18/h5-10,12-13,16,18,31-32H,11,14-15H2,1-4H3,(H,34,38)(H,33,35,36)/b26-25+,31-22?. The van der Waals surface area contributed by atoms with Crippen molar-refractivity contribution < 1.29 is 9.53 Å². The van der Waals surface area contributed by atoms with Crippen molar-refractivity contribution in [1.29, 1.82) is 5.41 Å². The zero-order valence-electron chi connectivity index (χ0n) is 22.4. The summed E-state index contributed by atoms with van der Waals surface area (Å²) < 4.78 is 5.59. The lowest BCUT2D eigenvalue weighted by Crippen LogP contribution is -2.57. The van der Waals surface area contributed by atoms with E-state index in [9.17, 15) is 4.79 Å². The van der Waals surface area contributed by atoms with Crippen molar-refractivity contribution in [2.75, 3.05) is 39.6 Å². The minimum atomic E-state index is -0.135. The Morgan fingerprint density at radius 1 is 1.21 bits per heavy atom. The van der Waals surface area contributed by atoms with Crippen molar-refractivity contribution in [1.82, 2.24) is 25.5 Å². The number of nitrogens with zero attached hydrogens (tertiary/aromatic N) is 3. The van der Waals surface area contributed by atoms with E-state index in [4.69, 9.17) is 26.7 Å². The quantitative estimate of drug-likeness (QED) is 0.344. The Hall–Kier alpha value is -3.95. The summed E-state index contributed by atoms with van der Waals surface area (Å²) in [7, 11) is 5.40. The van der Waals surface area contributed by atoms with Crippen molar-refractivity contribution >= 4 is 46.1 Å². The molecule has 1 atom stereocenters. The van der Waals surface area contributed by atoms with Gasteiger partial charge in [-0.3, -0.25) is 4.79 Å². The molecule has 1 fully saturated rings. The Labute approximate surface area is 233 Å². The van der Waals surface area contributed by atoms with E-state index in [-0.39, 0.29) is 17.9 Å². The number of carbonyl (C=O) groups is 1. The fourth-order valence-electron chi connectivity index (χ4n) is 5.12. The normalized spacial score (nSPS) is 18.6. The molecule has 9 nitrogen and oxygen atoms in total. The second-order valence-electron chi connectivity index (χ2n) is 9.99. The lowest BCUT2D eigenvalue weighted by molar-refractivity contribution is 0.0857. The van der Waals surface area contributed by atoms with Gasteiger partial charge in [-0.05, 0) is 43.7 Å². The van der Waals surface area contributed by atoms with Crippen molar-refractivity contribution in [3.05, 3.63) is 76.1 Å². The molecule has 2 aromatic carbocycles. The molecule has 1 unspecified atom stereocenters. The molecule has 0 spiro atoms. The molecule has 4 N–H and O–H groups in total. The molecule has 2 aliphatic rings. The number of rotatable bonds is 7. The van der Waals surface area contributed by atoms with Crippen molar-refractivity contribution in [3.8, 4) is 5.75 Å². The first-order valence-corrected chi connectivity index (χ1v) is 13.2. The lowest BCUT2D eigenvalue weighted by Gasteiger charge is -2.36. The smallest absolute Gasteiger partial charge is 0.251 e. The van der Waals surface area contributed by atoms with Crippen LogP contribution in [-0.4, -0.2) is 66.8 Å². The minimum absolute atomic E-state index is 0.0949. The van der Waals surface area contributed by atoms with Crippen LogP contribution in [0, 0.1) is 5.41 Å². The third kappa shape index (κ3) is 5.32. The van der Waals surface area contributed by atoms with E-state index in [2.05, 4.69) is 32.8 Å². The number of halogens is 1. The molecule has 1 aliphatic heterocycles. The van der Waals surface area contributed by atoms with Gasteiger partial charge in [0.05, 0.1) is 30.2 Å². The maximum Gasteiger partial charge on any atom is 0.251 e. The highest BCUT2D eigenvalue weighted by atomic mass is 35.5. The van der Waals surface area contributed by atoms with Gasteiger partial charge in [-0.25, -0.2) is 9.97 Å². The first kappa shape index (κ1) is 26.6. The zero-order chi connectivity index (χ0) is 27.7. The van der Waals surface area contributed by atoms with Crippen LogP contribution in [0.25, 0.3) is 11.3 Å². The summed E-state index contributed by atoms with van der Waals surface area (Å²) in [6, 6.07) is 13.0. The monoisotopic (exact) mass is 545 g/mol. The number of anilines is 2. The Morgan fingerprint density at radius 2 is 1.97 bits per heavy atom. The zero-order valence-corrected chi connectivity index (χ0v) is 23.2. The molecule has 1 aromatic heterocycles. The molecule has 5 rings (SSSR count). The molecule has 0 saturated carbocycles. The van der Waals surface area contributed by atoms with E-state index in [0.717, 1.165) is 29.9 Å². The Kier molecular flexibility index (Phi) is 7.54. The van der Waals surface area contributed by atoms with E-state index in [1.807, 2.05) is 44.6 Å². The number of carbonyl (C=O) groups excluding carboxylic acids is 1. The fourth-order valence-corrected chi connectivity index (χ4v) is 5.35. The second kappa shape index (κ2) is 11.0. The van der Waals surface area contributed by atoms with Crippen LogP contribution in [-0.2, 0) is 0 Å². The number of hydrogen-bond donors (Lipinski definition) is 4. The Morgan fingerprint density at radius 3 is 2.67 bits per heavy atom. The Balaban J connectivity index is 1.49. The summed E-state index contributed by atoms with van der Waals surface area (Å²) >= 11 is 6.54. The molecular weight excluding hydrogens is 514 g/mol. The van der Waals surface area contributed by atoms with E-state index in [1.165, 1.54) is 0 Å². The summed E-state index contributed by atoms with van der Waals surface area (Å²) in [5, 5.41) is 19.0. The molecule has 3 aromatic rings. The number of allylic oxidation sites excluding steroid dienone is 1. The van der Waals surface area contributed by atoms with Crippen molar-refractivity contribution in [3.63, 3.8) is 0 Å². The molecule has 1 saturated heterocycles. The summed E-state index contributed by atoms with van der Waals surface area (Å²) in [5.74, 6) is 0.816. The number of amides is 1. The molecule has 1 aliphatic carbocycles. The fraction of sp³-hybridized carbons (Fsp3) is 0.310. The van der Waals surface area contributed by atoms with Gasteiger partial charge in [0.1, 0.15) is 5.75 Å². The van der Waals surface area contributed by atoms with Gasteiger partial charge in [0.15, 0.2) is 0 Å². The number of likely N-dealkylation sites (tertiary alicyclic amines) is 1. The van der Waals surface area contributed by atoms with Crippen LogP contribution in [0.4, 0.5) is 11.6 Å². The van der Waals surface area contributed by atoms with Crippen LogP contribution < -0.4 is 20.7 Å². The molecule has 0 radical (unpaired) electrons. The van der Waals surface area contributed by atoms with Gasteiger partial charge in [0.25, 0.3) is 5.91 Å². The van der Waals surface area contributed by atoms with Gasteiger partial charge in [-0.1, -0.05) is 36.7 Å². The molecule has 10 heteroatoms. The SMILES string of the molecule is CN/C(=C1\C(=N)CC(C)c2cnc(Nc3ccc(C(=O)NC4CN(C)C4)cc3OC)nc21)c1ccccc1Cl. The van der Waals surface area contributed by atoms with Crippen LogP contribution in [0.1, 0.15) is 46.4 Å². The highest BCUT2D eigenvalue weighted by Crippen LogP contribution is 2.40. The number of methoxy groups -OCH3 is 1. The highest BCUT2D eigenvalue weighted by Gasteiger charge is 2.30. The summed E-state index contributed by atoms with van der Waals surface area (Å²) in [6.45, 7) is 3.76. The van der Waals surface area contributed by atoms with E-state index < -0.39 is 0 Å². The molecule has 39 heavy (non-hydrogen) atoms. The van der Waals surface area contributed by atoms with E-state index in [0.29, 0.717) is 51.4 Å². The van der Waals surface area contributed by atoms with Gasteiger partial charge < -0.3 is 31.0 Å². The van der Waals surface area contributed by atoms with Gasteiger partial charge in [0.2, 0.25) is 5.95 Å². The predicted molar refractivity (Wildman–Crippen MR) is 155 cm³/mol.